The first-order valence-electron chi connectivity index (χ1n) is 1.96. The molecule has 2 rings (SSSR count). The number of nitrogens with one attached hydrogen (secondary N) is 2. The van der Waals surface area contributed by atoms with Crippen molar-refractivity contribution in [3.8, 4) is 0 Å². The van der Waals surface area contributed by atoms with Gasteiger partial charge in [-0.1, -0.05) is 0 Å². The number of hydrogen-bond acceptors (Lipinski definition) is 2. The molecule has 2 atom stereocenters. The van der Waals surface area contributed by atoms with Gasteiger partial charge < -0.3 is 0 Å². The summed E-state index contributed by atoms with van der Waals surface area (Å²) >= 11 is 0. The standard InChI is InChI=1S/C3H6N2/c1-2-3(4-1)5-2/h2-5H,1H2. The Labute approximate surface area is 30.6 Å². The fraction of sp³-hybridized carbons (Fsp3) is 1.00. The molecule has 0 amide bonds. The Morgan fingerprint density at radius 3 is 2.40 bits per heavy atom. The van der Waals surface area contributed by atoms with Crippen molar-refractivity contribution in [3.05, 3.63) is 0 Å². The highest BCUT2D eigenvalue weighted by atomic mass is 15.4. The summed E-state index contributed by atoms with van der Waals surface area (Å²) in [6.45, 7) is 1.20. The lowest BCUT2D eigenvalue weighted by molar-refractivity contribution is 0.569. The number of rotatable bonds is 0. The van der Waals surface area contributed by atoms with Crippen LogP contribution < -0.4 is 10.6 Å². The molecular weight excluding hydrogens is 64.0 g/mol. The Bertz CT molecular complexity index is 49.9. The largest absolute Gasteiger partial charge is 0.299 e. The predicted molar refractivity (Wildman–Crippen MR) is 18.7 cm³/mol. The SMILES string of the molecule is C1NC2NC12. The molecule has 28 valence electrons. The average molecular weight is 70.1 g/mol. The third-order valence-electron chi connectivity index (χ3n) is 1.24. The average Bonchev–Trinajstić information content (AvgIpc) is 1.74. The molecule has 0 aromatic carbocycles. The van der Waals surface area contributed by atoms with Gasteiger partial charge >= 0.3 is 0 Å². The van der Waals surface area contributed by atoms with E-state index >= 15 is 0 Å². The number of fused-ring (bicyclic) bond motifs is 1. The van der Waals surface area contributed by atoms with Crippen LogP contribution in [0.15, 0.2) is 0 Å². The minimum Gasteiger partial charge on any atom is -0.299 e. The van der Waals surface area contributed by atoms with Crippen LogP contribution in [0.3, 0.4) is 0 Å². The minimum absolute atomic E-state index is 0.731. The van der Waals surface area contributed by atoms with Gasteiger partial charge in [0.25, 0.3) is 0 Å². The van der Waals surface area contributed by atoms with Crippen molar-refractivity contribution in [1.29, 1.82) is 0 Å². The van der Waals surface area contributed by atoms with Crippen LogP contribution in [0.4, 0.5) is 0 Å². The van der Waals surface area contributed by atoms with Crippen LogP contribution >= 0.6 is 0 Å². The predicted octanol–water partition coefficient (Wildman–Crippen LogP) is -1.11. The Morgan fingerprint density at radius 2 is 2.40 bits per heavy atom. The maximum Gasteiger partial charge on any atom is 0.0747 e. The van der Waals surface area contributed by atoms with Crippen LogP contribution in [0.1, 0.15) is 0 Å². The fourth-order valence-corrected chi connectivity index (χ4v) is 0.646. The summed E-state index contributed by atoms with van der Waals surface area (Å²) in [7, 11) is 0. The van der Waals surface area contributed by atoms with E-state index in [4.69, 9.17) is 0 Å². The third-order valence-corrected chi connectivity index (χ3v) is 1.24. The van der Waals surface area contributed by atoms with Gasteiger partial charge in [-0.05, 0) is 0 Å². The van der Waals surface area contributed by atoms with Crippen LogP contribution in [-0.4, -0.2) is 18.8 Å². The lowest BCUT2D eigenvalue weighted by atomic mass is 10.3. The summed E-state index contributed by atoms with van der Waals surface area (Å²) in [6.07, 6.45) is 0.731. The smallest absolute Gasteiger partial charge is 0.0747 e. The van der Waals surface area contributed by atoms with Crippen molar-refractivity contribution in [2.24, 2.45) is 0 Å². The van der Waals surface area contributed by atoms with Crippen molar-refractivity contribution in [2.45, 2.75) is 12.2 Å². The lowest BCUT2D eigenvalue weighted by Gasteiger charge is -2.05. The molecule has 2 saturated heterocycles. The lowest BCUT2D eigenvalue weighted by Crippen LogP contribution is -2.35. The summed E-state index contributed by atoms with van der Waals surface area (Å²) in [5.74, 6) is 0. The highest BCUT2D eigenvalue weighted by Crippen LogP contribution is 2.14. The molecule has 2 unspecified atom stereocenters. The minimum atomic E-state index is 0.731. The summed E-state index contributed by atoms with van der Waals surface area (Å²) in [5.41, 5.74) is 0. The topological polar surface area (TPSA) is 34.0 Å². The van der Waals surface area contributed by atoms with Gasteiger partial charge in [0.2, 0.25) is 0 Å². The molecule has 0 spiro atoms. The Morgan fingerprint density at radius 1 is 1.60 bits per heavy atom. The molecule has 2 heteroatoms. The second-order valence-corrected chi connectivity index (χ2v) is 1.66. The molecular formula is C3H6N2. The van der Waals surface area contributed by atoms with E-state index in [1.807, 2.05) is 0 Å². The van der Waals surface area contributed by atoms with Crippen LogP contribution in [0.5, 0.6) is 0 Å². The van der Waals surface area contributed by atoms with E-state index in [1.54, 1.807) is 0 Å². The Balaban J connectivity index is 2.19. The molecule has 0 saturated carbocycles. The Hall–Kier alpha value is -0.0800. The molecule has 2 fully saturated rings. The van der Waals surface area contributed by atoms with Crippen LogP contribution in [0.2, 0.25) is 0 Å². The van der Waals surface area contributed by atoms with Gasteiger partial charge in [-0.25, -0.2) is 0 Å². The first kappa shape index (κ1) is 2.16. The molecule has 0 aromatic rings. The van der Waals surface area contributed by atoms with E-state index in [0.717, 1.165) is 12.2 Å². The van der Waals surface area contributed by atoms with Gasteiger partial charge in [0.05, 0.1) is 6.17 Å². The van der Waals surface area contributed by atoms with Gasteiger partial charge in [-0.3, -0.25) is 10.6 Å². The fourth-order valence-electron chi connectivity index (χ4n) is 0.646. The molecule has 0 aliphatic carbocycles. The molecule has 2 heterocycles. The van der Waals surface area contributed by atoms with Gasteiger partial charge in [-0.2, -0.15) is 0 Å². The molecule has 2 nitrogen and oxygen atoms in total. The zero-order valence-corrected chi connectivity index (χ0v) is 2.86. The zero-order valence-electron chi connectivity index (χ0n) is 2.86. The quantitative estimate of drug-likeness (QED) is 0.354. The van der Waals surface area contributed by atoms with Crippen molar-refractivity contribution in [2.75, 3.05) is 6.54 Å². The second kappa shape index (κ2) is 0.420. The van der Waals surface area contributed by atoms with Gasteiger partial charge in [0.1, 0.15) is 0 Å². The molecule has 2 N–H and O–H groups in total. The summed E-state index contributed by atoms with van der Waals surface area (Å²) < 4.78 is 0. The van der Waals surface area contributed by atoms with Crippen molar-refractivity contribution in [1.82, 2.24) is 10.6 Å². The third kappa shape index (κ3) is 0.121. The van der Waals surface area contributed by atoms with Crippen LogP contribution in [-0.2, 0) is 0 Å². The zero-order chi connectivity index (χ0) is 3.28. The molecule has 2 aliphatic heterocycles. The summed E-state index contributed by atoms with van der Waals surface area (Å²) in [6, 6.07) is 0.870. The summed E-state index contributed by atoms with van der Waals surface area (Å²) in [5, 5.41) is 6.37. The number of hydrogen-bond donors (Lipinski definition) is 2. The monoisotopic (exact) mass is 70.1 g/mol. The van der Waals surface area contributed by atoms with Crippen molar-refractivity contribution < 1.29 is 0 Å². The maximum atomic E-state index is 3.19. The van der Waals surface area contributed by atoms with Crippen molar-refractivity contribution in [3.63, 3.8) is 0 Å². The van der Waals surface area contributed by atoms with E-state index in [0.29, 0.717) is 0 Å². The van der Waals surface area contributed by atoms with Gasteiger partial charge in [0.15, 0.2) is 0 Å². The molecule has 2 aliphatic rings. The van der Waals surface area contributed by atoms with Crippen LogP contribution in [0.25, 0.3) is 0 Å². The van der Waals surface area contributed by atoms with E-state index < -0.39 is 0 Å². The van der Waals surface area contributed by atoms with E-state index in [1.165, 1.54) is 6.54 Å². The highest BCUT2D eigenvalue weighted by Gasteiger charge is 2.43. The van der Waals surface area contributed by atoms with Crippen LogP contribution in [0, 0.1) is 0 Å². The van der Waals surface area contributed by atoms with E-state index in [2.05, 4.69) is 10.6 Å². The highest BCUT2D eigenvalue weighted by molar-refractivity contribution is 5.06. The molecule has 0 aromatic heterocycles. The van der Waals surface area contributed by atoms with Gasteiger partial charge in [0, 0.05) is 12.6 Å². The molecule has 0 radical (unpaired) electrons. The first-order chi connectivity index (χ1) is 2.47. The first-order valence-corrected chi connectivity index (χ1v) is 1.96. The van der Waals surface area contributed by atoms with Gasteiger partial charge in [-0.15, -0.1) is 0 Å². The van der Waals surface area contributed by atoms with E-state index in [-0.39, 0.29) is 0 Å². The molecule has 0 bridgehead atoms. The second-order valence-electron chi connectivity index (χ2n) is 1.66. The normalized spacial score (nSPS) is 57.6. The maximum absolute atomic E-state index is 3.19. The van der Waals surface area contributed by atoms with E-state index in [9.17, 15) is 0 Å². The molecule has 5 heavy (non-hydrogen) atoms. The summed E-state index contributed by atoms with van der Waals surface area (Å²) in [4.78, 5) is 0. The Kier molecular flexibility index (Phi) is 0.181. The van der Waals surface area contributed by atoms with Crippen molar-refractivity contribution >= 4 is 0 Å².